The van der Waals surface area contributed by atoms with Crippen molar-refractivity contribution in [1.82, 2.24) is 10.2 Å². The molecular weight excluding hydrogens is 384 g/mol. The predicted molar refractivity (Wildman–Crippen MR) is 115 cm³/mol. The van der Waals surface area contributed by atoms with Crippen molar-refractivity contribution in [2.75, 3.05) is 27.4 Å². The van der Waals surface area contributed by atoms with Crippen molar-refractivity contribution in [3.05, 3.63) is 54.1 Å². The van der Waals surface area contributed by atoms with Gasteiger partial charge >= 0.3 is 0 Å². The molecule has 1 N–H and O–H groups in total. The molecule has 2 rings (SSSR count). The Balaban J connectivity index is 2.10. The van der Waals surface area contributed by atoms with Gasteiger partial charge in [0.15, 0.2) is 6.61 Å². The van der Waals surface area contributed by atoms with E-state index in [0.717, 1.165) is 17.7 Å². The molecule has 30 heavy (non-hydrogen) atoms. The molecule has 0 saturated heterocycles. The summed E-state index contributed by atoms with van der Waals surface area (Å²) < 4.78 is 15.9. The Morgan fingerprint density at radius 3 is 2.00 bits per heavy atom. The number of nitrogens with zero attached hydrogens (tertiary/aromatic N) is 1. The molecule has 7 nitrogen and oxygen atoms in total. The van der Waals surface area contributed by atoms with Gasteiger partial charge in [0.05, 0.1) is 14.2 Å². The lowest BCUT2D eigenvalue weighted by Gasteiger charge is -2.28. The molecule has 0 aliphatic rings. The fraction of sp³-hybridized carbons (Fsp3) is 0.391. The average molecular weight is 415 g/mol. The van der Waals surface area contributed by atoms with Gasteiger partial charge in [-0.05, 0) is 55.3 Å². The Kier molecular flexibility index (Phi) is 9.00. The third-order valence-electron chi connectivity index (χ3n) is 4.65. The minimum absolute atomic E-state index is 0.173. The number of benzene rings is 2. The van der Waals surface area contributed by atoms with Crippen LogP contribution in [-0.2, 0) is 16.1 Å². The summed E-state index contributed by atoms with van der Waals surface area (Å²) in [6.07, 6.45) is 0.825. The van der Waals surface area contributed by atoms with Gasteiger partial charge in [-0.1, -0.05) is 19.1 Å². The summed E-state index contributed by atoms with van der Waals surface area (Å²) in [5.41, 5.74) is 0.892. The highest BCUT2D eigenvalue weighted by molar-refractivity contribution is 5.87. The van der Waals surface area contributed by atoms with Crippen molar-refractivity contribution in [1.29, 1.82) is 0 Å². The van der Waals surface area contributed by atoms with Crippen LogP contribution < -0.4 is 19.5 Å². The van der Waals surface area contributed by atoms with Crippen LogP contribution in [0.2, 0.25) is 0 Å². The molecule has 2 aromatic carbocycles. The van der Waals surface area contributed by atoms with Gasteiger partial charge < -0.3 is 24.4 Å². The second kappa shape index (κ2) is 11.7. The summed E-state index contributed by atoms with van der Waals surface area (Å²) in [6, 6.07) is 13.8. The smallest absolute Gasteiger partial charge is 0.261 e. The number of ether oxygens (including phenoxy) is 3. The van der Waals surface area contributed by atoms with E-state index >= 15 is 0 Å². The zero-order valence-electron chi connectivity index (χ0n) is 18.0. The Morgan fingerprint density at radius 1 is 0.933 bits per heavy atom. The molecule has 2 amide bonds. The maximum atomic E-state index is 13.0. The van der Waals surface area contributed by atoms with Gasteiger partial charge in [-0.25, -0.2) is 0 Å². The van der Waals surface area contributed by atoms with Crippen molar-refractivity contribution in [2.45, 2.75) is 32.9 Å². The lowest BCUT2D eigenvalue weighted by atomic mass is 10.1. The number of methoxy groups -OCH3 is 2. The van der Waals surface area contributed by atoms with Crippen LogP contribution in [0.5, 0.6) is 17.2 Å². The van der Waals surface area contributed by atoms with E-state index in [4.69, 9.17) is 14.2 Å². The lowest BCUT2D eigenvalue weighted by Crippen LogP contribution is -2.49. The van der Waals surface area contributed by atoms with Crippen LogP contribution in [0.3, 0.4) is 0 Å². The Bertz CT molecular complexity index is 805. The molecule has 0 aliphatic heterocycles. The first-order valence-electron chi connectivity index (χ1n) is 9.95. The monoisotopic (exact) mass is 414 g/mol. The molecule has 0 spiro atoms. The maximum Gasteiger partial charge on any atom is 0.261 e. The molecule has 0 fully saturated rings. The molecule has 7 heteroatoms. The van der Waals surface area contributed by atoms with Crippen molar-refractivity contribution in [3.63, 3.8) is 0 Å². The molecule has 0 unspecified atom stereocenters. The predicted octanol–water partition coefficient (Wildman–Crippen LogP) is 3.03. The van der Waals surface area contributed by atoms with Gasteiger partial charge in [-0.2, -0.15) is 0 Å². The zero-order valence-corrected chi connectivity index (χ0v) is 18.0. The minimum atomic E-state index is -0.634. The number of carbonyl (C=O) groups is 2. The van der Waals surface area contributed by atoms with Crippen molar-refractivity contribution in [3.8, 4) is 17.2 Å². The third kappa shape index (κ3) is 6.69. The van der Waals surface area contributed by atoms with Gasteiger partial charge in [0.1, 0.15) is 23.3 Å². The molecule has 2 aromatic rings. The van der Waals surface area contributed by atoms with Crippen LogP contribution in [0.15, 0.2) is 48.5 Å². The highest BCUT2D eigenvalue weighted by atomic mass is 16.5. The summed E-state index contributed by atoms with van der Waals surface area (Å²) in [5, 5.41) is 2.85. The molecule has 0 saturated carbocycles. The van der Waals surface area contributed by atoms with E-state index in [2.05, 4.69) is 5.32 Å². The number of rotatable bonds is 11. The van der Waals surface area contributed by atoms with E-state index in [0.29, 0.717) is 18.0 Å². The van der Waals surface area contributed by atoms with Gasteiger partial charge in [0.25, 0.3) is 5.91 Å². The van der Waals surface area contributed by atoms with E-state index in [1.54, 1.807) is 45.4 Å². The Labute approximate surface area is 177 Å². The van der Waals surface area contributed by atoms with Gasteiger partial charge in [-0.3, -0.25) is 9.59 Å². The maximum absolute atomic E-state index is 13.0. The summed E-state index contributed by atoms with van der Waals surface area (Å²) in [7, 11) is 3.18. The largest absolute Gasteiger partial charge is 0.497 e. The van der Waals surface area contributed by atoms with Crippen LogP contribution in [-0.4, -0.2) is 50.1 Å². The molecule has 0 aromatic heterocycles. The van der Waals surface area contributed by atoms with Crippen LogP contribution in [0, 0.1) is 0 Å². The number of carbonyl (C=O) groups excluding carboxylic acids is 2. The second-order valence-corrected chi connectivity index (χ2v) is 6.80. The normalized spacial score (nSPS) is 11.3. The number of hydrogen-bond acceptors (Lipinski definition) is 5. The van der Waals surface area contributed by atoms with E-state index in [1.165, 1.54) is 4.90 Å². The first kappa shape index (κ1) is 23.1. The van der Waals surface area contributed by atoms with E-state index < -0.39 is 6.04 Å². The summed E-state index contributed by atoms with van der Waals surface area (Å²) in [4.78, 5) is 27.0. The van der Waals surface area contributed by atoms with Gasteiger partial charge in [0, 0.05) is 13.1 Å². The zero-order chi connectivity index (χ0) is 21.9. The lowest BCUT2D eigenvalue weighted by molar-refractivity contribution is -0.142. The molecule has 162 valence electrons. The van der Waals surface area contributed by atoms with Crippen molar-refractivity contribution < 1.29 is 23.8 Å². The summed E-state index contributed by atoms with van der Waals surface area (Å²) in [6.45, 7) is 4.38. The first-order chi connectivity index (χ1) is 14.5. The van der Waals surface area contributed by atoms with E-state index in [1.807, 2.05) is 31.2 Å². The average Bonchev–Trinajstić information content (AvgIpc) is 2.79. The van der Waals surface area contributed by atoms with Crippen LogP contribution in [0.1, 0.15) is 25.8 Å². The van der Waals surface area contributed by atoms with Crippen molar-refractivity contribution in [2.24, 2.45) is 0 Å². The van der Waals surface area contributed by atoms with E-state index in [9.17, 15) is 9.59 Å². The van der Waals surface area contributed by atoms with Crippen LogP contribution in [0.4, 0.5) is 0 Å². The van der Waals surface area contributed by atoms with Crippen LogP contribution in [0.25, 0.3) is 0 Å². The number of amides is 2. The highest BCUT2D eigenvalue weighted by Crippen LogP contribution is 2.18. The molecule has 0 radical (unpaired) electrons. The fourth-order valence-electron chi connectivity index (χ4n) is 2.81. The molecule has 1 atom stereocenters. The van der Waals surface area contributed by atoms with E-state index in [-0.39, 0.29) is 25.0 Å². The SMILES string of the molecule is CCCNC(=O)[C@H](C)N(Cc1ccc(OC)cc1)C(=O)COc1ccc(OC)cc1. The van der Waals surface area contributed by atoms with Crippen LogP contribution >= 0.6 is 0 Å². The van der Waals surface area contributed by atoms with Crippen molar-refractivity contribution >= 4 is 11.8 Å². The highest BCUT2D eigenvalue weighted by Gasteiger charge is 2.26. The first-order valence-corrected chi connectivity index (χ1v) is 9.95. The Morgan fingerprint density at radius 2 is 1.47 bits per heavy atom. The van der Waals surface area contributed by atoms with Gasteiger partial charge in [-0.15, -0.1) is 0 Å². The molecule has 0 bridgehead atoms. The summed E-state index contributed by atoms with van der Waals surface area (Å²) in [5.74, 6) is 1.52. The summed E-state index contributed by atoms with van der Waals surface area (Å²) >= 11 is 0. The minimum Gasteiger partial charge on any atom is -0.497 e. The number of nitrogens with one attached hydrogen (secondary N) is 1. The molecular formula is C23H30N2O5. The Hall–Kier alpha value is -3.22. The quantitative estimate of drug-likeness (QED) is 0.612. The molecule has 0 heterocycles. The molecule has 0 aliphatic carbocycles. The third-order valence-corrected chi connectivity index (χ3v) is 4.65. The standard InChI is InChI=1S/C23H30N2O5/c1-5-14-24-23(27)17(2)25(15-18-6-8-19(28-3)9-7-18)22(26)16-30-21-12-10-20(29-4)11-13-21/h6-13,17H,5,14-16H2,1-4H3,(H,24,27)/t17-/m0/s1. The topological polar surface area (TPSA) is 77.1 Å². The number of hydrogen-bond donors (Lipinski definition) is 1. The second-order valence-electron chi connectivity index (χ2n) is 6.80. The fourth-order valence-corrected chi connectivity index (χ4v) is 2.81. The van der Waals surface area contributed by atoms with Gasteiger partial charge in [0.2, 0.25) is 5.91 Å².